The van der Waals surface area contributed by atoms with Crippen molar-refractivity contribution in [2.75, 3.05) is 0 Å². The van der Waals surface area contributed by atoms with E-state index in [-0.39, 0.29) is 10.6 Å². The number of hydrogen-bond acceptors (Lipinski definition) is 4. The van der Waals surface area contributed by atoms with Gasteiger partial charge in [0.2, 0.25) is 6.35 Å². The summed E-state index contributed by atoms with van der Waals surface area (Å²) in [4.78, 5) is 13.8. The Hall–Kier alpha value is -1.01. The normalized spacial score (nSPS) is 23.3. The molecule has 0 aromatic rings. The molecule has 11 heavy (non-hydrogen) atoms. The maximum Gasteiger partial charge on any atom is 0.339 e. The third-order valence-electron chi connectivity index (χ3n) is 1.09. The van der Waals surface area contributed by atoms with Crippen molar-refractivity contribution in [3.05, 3.63) is 11.8 Å². The Morgan fingerprint density at radius 1 is 1.82 bits per heavy atom. The van der Waals surface area contributed by atoms with Crippen LogP contribution in [0.3, 0.4) is 0 Å². The predicted molar refractivity (Wildman–Crippen MR) is 41.3 cm³/mol. The SMILES string of the molecule is O=C(O)C1=CNC(O)N=C1S. The average Bonchev–Trinajstić information content (AvgIpc) is 1.85. The van der Waals surface area contributed by atoms with Crippen LogP contribution in [0.1, 0.15) is 0 Å². The lowest BCUT2D eigenvalue weighted by Crippen LogP contribution is -2.29. The monoisotopic (exact) mass is 174 g/mol. The fraction of sp³-hybridized carbons (Fsp3) is 0.200. The van der Waals surface area contributed by atoms with Crippen LogP contribution in [0.5, 0.6) is 0 Å². The van der Waals surface area contributed by atoms with Crippen molar-refractivity contribution in [2.24, 2.45) is 4.99 Å². The van der Waals surface area contributed by atoms with Gasteiger partial charge < -0.3 is 15.5 Å². The van der Waals surface area contributed by atoms with Crippen LogP contribution in [0.15, 0.2) is 16.8 Å². The van der Waals surface area contributed by atoms with Gasteiger partial charge >= 0.3 is 5.97 Å². The van der Waals surface area contributed by atoms with Crippen LogP contribution in [0.2, 0.25) is 0 Å². The van der Waals surface area contributed by atoms with Crippen molar-refractivity contribution in [1.29, 1.82) is 0 Å². The number of hydrogen-bond donors (Lipinski definition) is 4. The molecule has 0 spiro atoms. The molecule has 0 amide bonds. The number of carboxylic acid groups (broad SMARTS) is 1. The second kappa shape index (κ2) is 2.93. The number of rotatable bonds is 1. The van der Waals surface area contributed by atoms with E-state index >= 15 is 0 Å². The van der Waals surface area contributed by atoms with Gasteiger partial charge in [0.1, 0.15) is 10.6 Å². The van der Waals surface area contributed by atoms with Gasteiger partial charge in [-0.25, -0.2) is 9.79 Å². The van der Waals surface area contributed by atoms with Gasteiger partial charge in [-0.1, -0.05) is 0 Å². The van der Waals surface area contributed by atoms with E-state index in [4.69, 9.17) is 10.2 Å². The molecule has 6 heteroatoms. The molecule has 0 bridgehead atoms. The molecule has 0 saturated carbocycles. The summed E-state index contributed by atoms with van der Waals surface area (Å²) in [5.41, 5.74) is -0.0568. The first-order valence-electron chi connectivity index (χ1n) is 2.76. The van der Waals surface area contributed by atoms with E-state index in [0.29, 0.717) is 0 Å². The largest absolute Gasteiger partial charge is 0.478 e. The Morgan fingerprint density at radius 3 is 2.91 bits per heavy atom. The Labute approximate surface area is 67.9 Å². The van der Waals surface area contributed by atoms with E-state index in [9.17, 15) is 4.79 Å². The molecule has 1 aliphatic heterocycles. The highest BCUT2D eigenvalue weighted by molar-refractivity contribution is 7.97. The molecule has 60 valence electrons. The molecule has 0 aliphatic carbocycles. The number of nitrogens with zero attached hydrogens (tertiary/aromatic N) is 1. The van der Waals surface area contributed by atoms with Crippen molar-refractivity contribution in [3.63, 3.8) is 0 Å². The average molecular weight is 174 g/mol. The molecule has 1 rings (SSSR count). The van der Waals surface area contributed by atoms with Gasteiger partial charge in [0.25, 0.3) is 0 Å². The first-order chi connectivity index (χ1) is 5.11. The first-order valence-corrected chi connectivity index (χ1v) is 3.20. The van der Waals surface area contributed by atoms with Gasteiger partial charge in [-0.2, -0.15) is 0 Å². The van der Waals surface area contributed by atoms with Gasteiger partial charge in [-0.15, -0.1) is 12.6 Å². The lowest BCUT2D eigenvalue weighted by atomic mass is 10.3. The lowest BCUT2D eigenvalue weighted by molar-refractivity contribution is -0.132. The highest BCUT2D eigenvalue weighted by Gasteiger charge is 2.17. The van der Waals surface area contributed by atoms with Gasteiger partial charge in [0.15, 0.2) is 0 Å². The molecule has 0 aromatic carbocycles. The minimum Gasteiger partial charge on any atom is -0.478 e. The molecule has 1 aliphatic rings. The van der Waals surface area contributed by atoms with Crippen LogP contribution in [0.25, 0.3) is 0 Å². The molecular weight excluding hydrogens is 168 g/mol. The van der Waals surface area contributed by atoms with Crippen molar-refractivity contribution >= 4 is 23.6 Å². The predicted octanol–water partition coefficient (Wildman–Crippen LogP) is -0.838. The quantitative estimate of drug-likeness (QED) is 0.391. The van der Waals surface area contributed by atoms with Crippen LogP contribution < -0.4 is 5.32 Å². The van der Waals surface area contributed by atoms with E-state index in [1.165, 1.54) is 0 Å². The van der Waals surface area contributed by atoms with Gasteiger partial charge in [-0.3, -0.25) is 0 Å². The minimum absolute atomic E-state index is 0.0174. The summed E-state index contributed by atoms with van der Waals surface area (Å²) in [6, 6.07) is 0. The maximum absolute atomic E-state index is 10.4. The zero-order valence-electron chi connectivity index (χ0n) is 5.35. The smallest absolute Gasteiger partial charge is 0.339 e. The van der Waals surface area contributed by atoms with Crippen LogP contribution in [-0.2, 0) is 4.79 Å². The molecule has 3 N–H and O–H groups in total. The zero-order chi connectivity index (χ0) is 8.43. The number of nitrogens with one attached hydrogen (secondary N) is 1. The molecule has 0 aromatic heterocycles. The van der Waals surface area contributed by atoms with E-state index < -0.39 is 12.3 Å². The van der Waals surface area contributed by atoms with Crippen LogP contribution in [-0.4, -0.2) is 27.6 Å². The van der Waals surface area contributed by atoms with E-state index in [1.807, 2.05) is 0 Å². The highest BCUT2D eigenvalue weighted by Crippen LogP contribution is 2.07. The molecule has 0 saturated heterocycles. The minimum atomic E-state index is -1.13. The van der Waals surface area contributed by atoms with Gasteiger partial charge in [-0.05, 0) is 0 Å². The summed E-state index contributed by atoms with van der Waals surface area (Å²) in [5.74, 6) is -1.13. The third kappa shape index (κ3) is 1.72. The number of aliphatic carboxylic acids is 1. The molecule has 0 fully saturated rings. The van der Waals surface area contributed by atoms with Gasteiger partial charge in [0.05, 0.1) is 0 Å². The zero-order valence-corrected chi connectivity index (χ0v) is 6.25. The van der Waals surface area contributed by atoms with Gasteiger partial charge in [0, 0.05) is 6.20 Å². The van der Waals surface area contributed by atoms with Crippen molar-refractivity contribution in [1.82, 2.24) is 5.32 Å². The second-order valence-electron chi connectivity index (χ2n) is 1.86. The lowest BCUT2D eigenvalue weighted by Gasteiger charge is -2.13. The number of aliphatic hydroxyl groups is 1. The van der Waals surface area contributed by atoms with Crippen LogP contribution >= 0.6 is 12.6 Å². The van der Waals surface area contributed by atoms with E-state index in [1.54, 1.807) is 0 Å². The van der Waals surface area contributed by atoms with E-state index in [0.717, 1.165) is 6.20 Å². The Morgan fingerprint density at radius 2 is 2.45 bits per heavy atom. The number of carbonyl (C=O) groups is 1. The fourth-order valence-electron chi connectivity index (χ4n) is 0.602. The van der Waals surface area contributed by atoms with E-state index in [2.05, 4.69) is 22.9 Å². The maximum atomic E-state index is 10.4. The molecule has 1 heterocycles. The van der Waals surface area contributed by atoms with Crippen LogP contribution in [0.4, 0.5) is 0 Å². The summed E-state index contributed by atoms with van der Waals surface area (Å²) in [5, 5.41) is 19.6. The molecule has 0 radical (unpaired) electrons. The number of thiol groups is 1. The standard InChI is InChI=1S/C5H6N2O3S/c8-4(9)2-1-6-5(10)7-3(2)11/h1,5-6,10H,(H,7,11)(H,8,9). The second-order valence-corrected chi connectivity index (χ2v) is 2.28. The van der Waals surface area contributed by atoms with Crippen molar-refractivity contribution in [3.8, 4) is 0 Å². The van der Waals surface area contributed by atoms with Crippen molar-refractivity contribution < 1.29 is 15.0 Å². The number of aliphatic hydroxyl groups excluding tert-OH is 1. The molecule has 5 nitrogen and oxygen atoms in total. The van der Waals surface area contributed by atoms with Crippen molar-refractivity contribution in [2.45, 2.75) is 6.35 Å². The highest BCUT2D eigenvalue weighted by atomic mass is 32.1. The molecular formula is C5H6N2O3S. The Balaban J connectivity index is 2.86. The summed E-state index contributed by atoms with van der Waals surface area (Å²) < 4.78 is 0. The third-order valence-corrected chi connectivity index (χ3v) is 1.45. The number of carboxylic acids is 1. The summed E-state index contributed by atoms with van der Waals surface area (Å²) in [6.07, 6.45) is 0.0631. The number of aliphatic imine (C=N–C) groups is 1. The Kier molecular flexibility index (Phi) is 2.16. The summed E-state index contributed by atoms with van der Waals surface area (Å²) >= 11 is 3.76. The molecule has 1 unspecified atom stereocenters. The summed E-state index contributed by atoms with van der Waals surface area (Å²) in [6.45, 7) is 0. The topological polar surface area (TPSA) is 81.9 Å². The Bertz CT molecular complexity index is 248. The summed E-state index contributed by atoms with van der Waals surface area (Å²) in [7, 11) is 0. The molecule has 1 atom stereocenters. The van der Waals surface area contributed by atoms with Crippen LogP contribution in [0, 0.1) is 0 Å². The first kappa shape index (κ1) is 8.09. The fourth-order valence-corrected chi connectivity index (χ4v) is 0.872.